The molecule has 0 aliphatic heterocycles. The lowest BCUT2D eigenvalue weighted by Crippen LogP contribution is -2.08. The molecule has 24 heavy (non-hydrogen) atoms. The van der Waals surface area contributed by atoms with Gasteiger partial charge in [-0.2, -0.15) is 18.2 Å². The van der Waals surface area contributed by atoms with Gasteiger partial charge in [-0.05, 0) is 37.5 Å². The molecule has 124 valence electrons. The highest BCUT2D eigenvalue weighted by Crippen LogP contribution is 2.48. The van der Waals surface area contributed by atoms with E-state index in [4.69, 9.17) is 11.5 Å². The van der Waals surface area contributed by atoms with Crippen molar-refractivity contribution in [2.24, 2.45) is 0 Å². The van der Waals surface area contributed by atoms with Crippen LogP contribution in [0.2, 0.25) is 0 Å². The smallest absolute Gasteiger partial charge is 0.382 e. The first-order valence-electron chi connectivity index (χ1n) is 7.32. The van der Waals surface area contributed by atoms with E-state index >= 15 is 0 Å². The van der Waals surface area contributed by atoms with Gasteiger partial charge in [0.25, 0.3) is 0 Å². The van der Waals surface area contributed by atoms with Crippen LogP contribution in [-0.4, -0.2) is 9.97 Å². The molecular formula is C17H15F3N4. The Balaban J connectivity index is 1.92. The number of nitrogens with zero attached hydrogens (tertiary/aromatic N) is 2. The van der Waals surface area contributed by atoms with Gasteiger partial charge in [0, 0.05) is 0 Å². The quantitative estimate of drug-likeness (QED) is 0.787. The molecular weight excluding hydrogens is 317 g/mol. The second-order valence-corrected chi connectivity index (χ2v) is 5.83. The molecule has 3 rings (SSSR count). The van der Waals surface area contributed by atoms with Gasteiger partial charge < -0.3 is 11.5 Å². The number of nitrogens with two attached hydrogens (primary N) is 2. The molecule has 2 aromatic rings. The van der Waals surface area contributed by atoms with E-state index in [1.165, 1.54) is 12.1 Å². The number of alkyl halides is 3. The number of rotatable bonds is 1. The Morgan fingerprint density at radius 2 is 1.71 bits per heavy atom. The van der Waals surface area contributed by atoms with Crippen molar-refractivity contribution >= 4 is 11.8 Å². The van der Waals surface area contributed by atoms with E-state index in [0.29, 0.717) is 11.3 Å². The number of anilines is 2. The number of hydrogen-bond donors (Lipinski definition) is 2. The number of aryl methyl sites for hydroxylation is 1. The van der Waals surface area contributed by atoms with Crippen LogP contribution in [0.25, 0.3) is 0 Å². The van der Waals surface area contributed by atoms with E-state index in [1.807, 2.05) is 0 Å². The van der Waals surface area contributed by atoms with E-state index < -0.39 is 17.2 Å². The minimum absolute atomic E-state index is 0.0828. The number of hydrogen-bond acceptors (Lipinski definition) is 4. The fraction of sp³-hybridized carbons (Fsp3) is 0.294. The van der Waals surface area contributed by atoms with Crippen LogP contribution in [0.3, 0.4) is 0 Å². The molecule has 0 atom stereocenters. The molecule has 1 saturated carbocycles. The monoisotopic (exact) mass is 332 g/mol. The summed E-state index contributed by atoms with van der Waals surface area (Å²) >= 11 is 0. The molecule has 4 nitrogen and oxygen atoms in total. The Hall–Kier alpha value is -2.75. The maximum atomic E-state index is 12.7. The molecule has 1 aromatic heterocycles. The second kappa shape index (κ2) is 5.41. The van der Waals surface area contributed by atoms with Gasteiger partial charge in [-0.15, -0.1) is 0 Å². The highest BCUT2D eigenvalue weighted by atomic mass is 19.4. The zero-order chi connectivity index (χ0) is 17.5. The molecule has 0 amide bonds. The summed E-state index contributed by atoms with van der Waals surface area (Å²) in [5.74, 6) is 6.39. The van der Waals surface area contributed by atoms with Gasteiger partial charge in [0.2, 0.25) is 5.95 Å². The fourth-order valence-electron chi connectivity index (χ4n) is 2.54. The van der Waals surface area contributed by atoms with Gasteiger partial charge in [-0.25, -0.2) is 4.98 Å². The molecule has 0 spiro atoms. The van der Waals surface area contributed by atoms with Gasteiger partial charge >= 0.3 is 6.18 Å². The summed E-state index contributed by atoms with van der Waals surface area (Å²) in [4.78, 5) is 7.91. The average Bonchev–Trinajstić information content (AvgIpc) is 3.26. The van der Waals surface area contributed by atoms with Crippen LogP contribution >= 0.6 is 0 Å². The third-order valence-electron chi connectivity index (χ3n) is 4.08. The van der Waals surface area contributed by atoms with Crippen LogP contribution in [0.15, 0.2) is 24.3 Å². The topological polar surface area (TPSA) is 77.8 Å². The summed E-state index contributed by atoms with van der Waals surface area (Å²) in [5, 5.41) is 0. The molecule has 1 heterocycles. The summed E-state index contributed by atoms with van der Waals surface area (Å²) in [6, 6.07) is 5.15. The molecule has 0 bridgehead atoms. The van der Waals surface area contributed by atoms with Crippen molar-refractivity contribution in [1.29, 1.82) is 0 Å². The van der Waals surface area contributed by atoms with Crippen molar-refractivity contribution < 1.29 is 13.2 Å². The van der Waals surface area contributed by atoms with Crippen molar-refractivity contribution in [3.8, 4) is 11.8 Å². The van der Waals surface area contributed by atoms with Gasteiger partial charge in [0.15, 0.2) is 0 Å². The fourth-order valence-corrected chi connectivity index (χ4v) is 2.54. The zero-order valence-electron chi connectivity index (χ0n) is 12.9. The average molecular weight is 332 g/mol. The molecule has 0 radical (unpaired) electrons. The van der Waals surface area contributed by atoms with Crippen LogP contribution in [0.4, 0.5) is 24.9 Å². The van der Waals surface area contributed by atoms with Crippen LogP contribution < -0.4 is 11.5 Å². The van der Waals surface area contributed by atoms with Crippen molar-refractivity contribution in [3.63, 3.8) is 0 Å². The molecule has 0 unspecified atom stereocenters. The molecule has 7 heteroatoms. The predicted octanol–water partition coefficient (Wildman–Crippen LogP) is 3.05. The minimum Gasteiger partial charge on any atom is -0.382 e. The SMILES string of the molecule is Cc1nc(N)nc(N)c1C#CC1(c2ccc(C(F)(F)F)cc2)CC1. The second-order valence-electron chi connectivity index (χ2n) is 5.83. The van der Waals surface area contributed by atoms with Crippen LogP contribution in [0.5, 0.6) is 0 Å². The molecule has 1 aliphatic rings. The Morgan fingerprint density at radius 3 is 2.21 bits per heavy atom. The van der Waals surface area contributed by atoms with Crippen LogP contribution in [0.1, 0.15) is 35.2 Å². The minimum atomic E-state index is -4.34. The van der Waals surface area contributed by atoms with Crippen LogP contribution in [-0.2, 0) is 11.6 Å². The summed E-state index contributed by atoms with van der Waals surface area (Å²) in [7, 11) is 0. The number of halogens is 3. The first-order chi connectivity index (χ1) is 11.2. The van der Waals surface area contributed by atoms with E-state index in [-0.39, 0.29) is 11.8 Å². The highest BCUT2D eigenvalue weighted by molar-refractivity contribution is 5.57. The highest BCUT2D eigenvalue weighted by Gasteiger charge is 2.43. The normalized spacial score (nSPS) is 15.5. The van der Waals surface area contributed by atoms with Crippen molar-refractivity contribution in [1.82, 2.24) is 9.97 Å². The molecule has 1 aromatic carbocycles. The van der Waals surface area contributed by atoms with E-state index in [9.17, 15) is 13.2 Å². The Bertz CT molecular complexity index is 818. The molecule has 1 aliphatic carbocycles. The predicted molar refractivity (Wildman–Crippen MR) is 84.8 cm³/mol. The maximum absolute atomic E-state index is 12.7. The molecule has 1 fully saturated rings. The lowest BCUT2D eigenvalue weighted by Gasteiger charge is -2.11. The van der Waals surface area contributed by atoms with Crippen LogP contribution in [0, 0.1) is 18.8 Å². The first-order valence-corrected chi connectivity index (χ1v) is 7.32. The number of benzene rings is 1. The van der Waals surface area contributed by atoms with Crippen molar-refractivity contribution in [3.05, 3.63) is 46.6 Å². The van der Waals surface area contributed by atoms with Gasteiger partial charge in [-0.3, -0.25) is 0 Å². The Morgan fingerprint density at radius 1 is 1.08 bits per heavy atom. The maximum Gasteiger partial charge on any atom is 0.416 e. The Kier molecular flexibility index (Phi) is 3.63. The number of nitrogen functional groups attached to an aromatic ring is 2. The molecule has 0 saturated heterocycles. The van der Waals surface area contributed by atoms with Gasteiger partial charge in [0.05, 0.1) is 22.2 Å². The third-order valence-corrected chi connectivity index (χ3v) is 4.08. The standard InChI is InChI=1S/C17H15F3N4/c1-10-13(14(21)24-15(22)23-10)6-7-16(8-9-16)11-2-4-12(5-3-11)17(18,19)20/h2-5H,8-9H2,1H3,(H4,21,22,23,24). The van der Waals surface area contributed by atoms with Crippen molar-refractivity contribution in [2.75, 3.05) is 11.5 Å². The first kappa shape index (κ1) is 16.1. The summed E-state index contributed by atoms with van der Waals surface area (Å²) < 4.78 is 38.0. The van der Waals surface area contributed by atoms with E-state index in [0.717, 1.165) is 30.5 Å². The van der Waals surface area contributed by atoms with E-state index in [1.54, 1.807) is 6.92 Å². The number of aromatic nitrogens is 2. The van der Waals surface area contributed by atoms with E-state index in [2.05, 4.69) is 21.8 Å². The summed E-state index contributed by atoms with van der Waals surface area (Å²) in [6.45, 7) is 1.73. The van der Waals surface area contributed by atoms with Gasteiger partial charge in [-0.1, -0.05) is 24.0 Å². The Labute approximate surface area is 137 Å². The lowest BCUT2D eigenvalue weighted by molar-refractivity contribution is -0.137. The summed E-state index contributed by atoms with van der Waals surface area (Å²) in [5.41, 5.74) is 12.1. The third kappa shape index (κ3) is 3.00. The van der Waals surface area contributed by atoms with Gasteiger partial charge in [0.1, 0.15) is 5.82 Å². The largest absolute Gasteiger partial charge is 0.416 e. The van der Waals surface area contributed by atoms with Crippen molar-refractivity contribution in [2.45, 2.75) is 31.4 Å². The zero-order valence-corrected chi connectivity index (χ0v) is 12.9. The molecule has 4 N–H and O–H groups in total. The summed E-state index contributed by atoms with van der Waals surface area (Å²) in [6.07, 6.45) is -2.76. The lowest BCUT2D eigenvalue weighted by atomic mass is 9.95.